The molecule has 1 unspecified atom stereocenters. The van der Waals surface area contributed by atoms with E-state index in [9.17, 15) is 9.90 Å². The van der Waals surface area contributed by atoms with Gasteiger partial charge in [-0.1, -0.05) is 6.92 Å². The summed E-state index contributed by atoms with van der Waals surface area (Å²) in [7, 11) is 0. The molecule has 3 aromatic heterocycles. The van der Waals surface area contributed by atoms with Crippen LogP contribution in [0.3, 0.4) is 0 Å². The van der Waals surface area contributed by atoms with Gasteiger partial charge in [0.05, 0.1) is 24.8 Å². The fraction of sp³-hybridized carbons (Fsp3) is 0.292. The molecule has 2 N–H and O–H groups in total. The van der Waals surface area contributed by atoms with Crippen molar-refractivity contribution in [3.8, 4) is 22.2 Å². The first-order valence-corrected chi connectivity index (χ1v) is 11.4. The quantitative estimate of drug-likeness (QED) is 0.318. The molecule has 0 aliphatic rings. The number of carboxylic acids is 1. The minimum absolute atomic E-state index is 0.483. The maximum Gasteiger partial charge on any atom is 0.310 e. The number of aryl methyl sites for hydroxylation is 1. The molecular weight excluding hydrogens is 426 g/mol. The summed E-state index contributed by atoms with van der Waals surface area (Å²) in [4.78, 5) is 23.4. The molecule has 32 heavy (non-hydrogen) atoms. The van der Waals surface area contributed by atoms with E-state index in [2.05, 4.69) is 27.3 Å². The maximum absolute atomic E-state index is 11.3. The first kappa shape index (κ1) is 21.8. The molecule has 8 heteroatoms. The average molecular weight is 452 g/mol. The molecule has 0 spiro atoms. The second-order valence-electron chi connectivity index (χ2n) is 7.44. The van der Waals surface area contributed by atoms with E-state index < -0.39 is 11.9 Å². The number of benzene rings is 1. The predicted molar refractivity (Wildman–Crippen MR) is 125 cm³/mol. The van der Waals surface area contributed by atoms with E-state index in [-0.39, 0.29) is 0 Å². The average Bonchev–Trinajstić information content (AvgIpc) is 3.45. The number of ether oxygens (including phenoxy) is 2. The fourth-order valence-corrected chi connectivity index (χ4v) is 4.22. The highest BCUT2D eigenvalue weighted by Gasteiger charge is 2.18. The van der Waals surface area contributed by atoms with Gasteiger partial charge in [0.25, 0.3) is 0 Å². The molecule has 0 saturated heterocycles. The number of pyridine rings is 1. The lowest BCUT2D eigenvalue weighted by molar-refractivity contribution is -0.138. The Morgan fingerprint density at radius 1 is 1.22 bits per heavy atom. The van der Waals surface area contributed by atoms with Crippen LogP contribution in [0.1, 0.15) is 37.4 Å². The Morgan fingerprint density at radius 3 is 2.78 bits per heavy atom. The minimum atomic E-state index is -0.853. The van der Waals surface area contributed by atoms with Gasteiger partial charge in [0.2, 0.25) is 5.88 Å². The highest BCUT2D eigenvalue weighted by molar-refractivity contribution is 7.13. The third kappa shape index (κ3) is 4.91. The summed E-state index contributed by atoms with van der Waals surface area (Å²) < 4.78 is 11.6. The molecule has 4 rings (SSSR count). The van der Waals surface area contributed by atoms with Crippen molar-refractivity contribution < 1.29 is 19.4 Å². The molecule has 0 aliphatic carbocycles. The number of carbonyl (C=O) groups is 1. The normalized spacial score (nSPS) is 12.1. The van der Waals surface area contributed by atoms with Crippen molar-refractivity contribution in [2.75, 3.05) is 13.2 Å². The molecule has 0 amide bonds. The number of thiazole rings is 1. The van der Waals surface area contributed by atoms with Crippen LogP contribution in [0, 0.1) is 0 Å². The zero-order valence-corrected chi connectivity index (χ0v) is 18.8. The third-order valence-electron chi connectivity index (χ3n) is 5.23. The molecule has 0 bridgehead atoms. The van der Waals surface area contributed by atoms with Gasteiger partial charge in [-0.3, -0.25) is 4.79 Å². The molecule has 3 heterocycles. The number of hydrogen-bond donors (Lipinski definition) is 2. The summed E-state index contributed by atoms with van der Waals surface area (Å²) in [5, 5.41) is 13.2. The van der Waals surface area contributed by atoms with Gasteiger partial charge in [-0.25, -0.2) is 9.97 Å². The van der Waals surface area contributed by atoms with Crippen molar-refractivity contribution in [2.45, 2.75) is 32.6 Å². The molecule has 0 fully saturated rings. The lowest BCUT2D eigenvalue weighted by Crippen LogP contribution is -2.07. The van der Waals surface area contributed by atoms with Crippen LogP contribution in [0.25, 0.3) is 21.5 Å². The Bertz CT molecular complexity index is 1200. The van der Waals surface area contributed by atoms with Gasteiger partial charge < -0.3 is 19.6 Å². The van der Waals surface area contributed by atoms with E-state index >= 15 is 0 Å². The van der Waals surface area contributed by atoms with Crippen LogP contribution < -0.4 is 9.47 Å². The van der Waals surface area contributed by atoms with Gasteiger partial charge in [-0.05, 0) is 43.2 Å². The number of carboxylic acid groups (broad SMARTS) is 1. The molecule has 1 atom stereocenters. The van der Waals surface area contributed by atoms with E-state index in [4.69, 9.17) is 9.47 Å². The highest BCUT2D eigenvalue weighted by Crippen LogP contribution is 2.29. The van der Waals surface area contributed by atoms with Crippen molar-refractivity contribution >= 4 is 28.2 Å². The minimum Gasteiger partial charge on any atom is -0.493 e. The number of hydrogen-bond acceptors (Lipinski definition) is 6. The zero-order valence-electron chi connectivity index (χ0n) is 18.0. The lowest BCUT2D eigenvalue weighted by Gasteiger charge is -2.09. The van der Waals surface area contributed by atoms with Gasteiger partial charge in [0.1, 0.15) is 10.8 Å². The monoisotopic (exact) mass is 451 g/mol. The van der Waals surface area contributed by atoms with Crippen molar-refractivity contribution in [3.63, 3.8) is 0 Å². The predicted octanol–water partition coefficient (Wildman–Crippen LogP) is 5.28. The largest absolute Gasteiger partial charge is 0.493 e. The number of aliphatic carboxylic acids is 1. The van der Waals surface area contributed by atoms with Crippen molar-refractivity contribution in [1.82, 2.24) is 15.0 Å². The van der Waals surface area contributed by atoms with Gasteiger partial charge >= 0.3 is 5.97 Å². The van der Waals surface area contributed by atoms with E-state index in [0.29, 0.717) is 31.3 Å². The zero-order chi connectivity index (χ0) is 22.5. The Morgan fingerprint density at radius 2 is 2.06 bits per heavy atom. The summed E-state index contributed by atoms with van der Waals surface area (Å²) in [6, 6.07) is 9.48. The van der Waals surface area contributed by atoms with Crippen LogP contribution in [-0.2, 0) is 11.2 Å². The van der Waals surface area contributed by atoms with E-state index in [1.165, 1.54) is 0 Å². The maximum atomic E-state index is 11.3. The number of H-pyrrole nitrogens is 1. The van der Waals surface area contributed by atoms with Gasteiger partial charge in [0, 0.05) is 46.7 Å². The fourth-order valence-electron chi connectivity index (χ4n) is 3.32. The molecule has 0 saturated carbocycles. The van der Waals surface area contributed by atoms with Crippen LogP contribution in [0.5, 0.6) is 11.6 Å². The first-order valence-electron chi connectivity index (χ1n) is 10.6. The van der Waals surface area contributed by atoms with Crippen LogP contribution >= 0.6 is 11.3 Å². The summed E-state index contributed by atoms with van der Waals surface area (Å²) >= 11 is 1.62. The second kappa shape index (κ2) is 9.82. The molecule has 1 aromatic carbocycles. The van der Waals surface area contributed by atoms with Crippen LogP contribution in [-0.4, -0.2) is 39.2 Å². The van der Waals surface area contributed by atoms with E-state index in [1.54, 1.807) is 30.7 Å². The van der Waals surface area contributed by atoms with Crippen molar-refractivity contribution in [2.24, 2.45) is 0 Å². The Hall–Kier alpha value is -3.39. The lowest BCUT2D eigenvalue weighted by atomic mass is 10.0. The molecule has 0 aliphatic heterocycles. The van der Waals surface area contributed by atoms with Crippen molar-refractivity contribution in [1.29, 1.82) is 0 Å². The van der Waals surface area contributed by atoms with Gasteiger partial charge in [0.15, 0.2) is 0 Å². The number of fused-ring (bicyclic) bond motifs is 1. The molecule has 166 valence electrons. The third-order valence-corrected chi connectivity index (χ3v) is 6.17. The van der Waals surface area contributed by atoms with Gasteiger partial charge in [-0.2, -0.15) is 0 Å². The number of nitrogens with zero attached hydrogens (tertiary/aromatic N) is 2. The first-order chi connectivity index (χ1) is 15.5. The molecule has 0 radical (unpaired) electrons. The Balaban J connectivity index is 1.27. The topological polar surface area (TPSA) is 97.3 Å². The van der Waals surface area contributed by atoms with Crippen molar-refractivity contribution in [3.05, 3.63) is 59.4 Å². The van der Waals surface area contributed by atoms with Crippen LogP contribution in [0.2, 0.25) is 0 Å². The van der Waals surface area contributed by atoms with E-state index in [0.717, 1.165) is 39.2 Å². The van der Waals surface area contributed by atoms with E-state index in [1.807, 2.05) is 30.3 Å². The SMILES string of the molecule is CCc1csc(-c2ccc(OCCCOc3ccc4[nH]cc(C(C)C(=O)O)c4c3)nc2)n1. The molecular formula is C24H25N3O4S. The number of aromatic nitrogens is 3. The Labute approximate surface area is 190 Å². The smallest absolute Gasteiger partial charge is 0.310 e. The summed E-state index contributed by atoms with van der Waals surface area (Å²) in [6.07, 6.45) is 5.15. The summed E-state index contributed by atoms with van der Waals surface area (Å²) in [5.41, 5.74) is 3.72. The summed E-state index contributed by atoms with van der Waals surface area (Å²) in [6.45, 7) is 4.73. The Kier molecular flexibility index (Phi) is 6.70. The van der Waals surface area contributed by atoms with Crippen LogP contribution in [0.15, 0.2) is 48.1 Å². The number of rotatable bonds is 10. The number of nitrogens with one attached hydrogen (secondary N) is 1. The number of aromatic amines is 1. The highest BCUT2D eigenvalue weighted by atomic mass is 32.1. The molecule has 4 aromatic rings. The standard InChI is InChI=1S/C24H25N3O4S/c1-3-17-14-32-23(27-17)16-5-8-22(26-12-16)31-10-4-9-30-18-6-7-21-19(11-18)20(13-25-21)15(2)24(28)29/h5-8,11-15,25H,3-4,9-10H2,1-2H3,(H,28,29). The van der Waals surface area contributed by atoms with Crippen LogP contribution in [0.4, 0.5) is 0 Å². The summed E-state index contributed by atoms with van der Waals surface area (Å²) in [5.74, 6) is -0.167. The molecule has 7 nitrogen and oxygen atoms in total. The second-order valence-corrected chi connectivity index (χ2v) is 8.30. The van der Waals surface area contributed by atoms with Gasteiger partial charge in [-0.15, -0.1) is 11.3 Å².